The van der Waals surface area contributed by atoms with E-state index in [1.165, 1.54) is 0 Å². The van der Waals surface area contributed by atoms with Crippen LogP contribution in [0.25, 0.3) is 0 Å². The van der Waals surface area contributed by atoms with E-state index in [0.29, 0.717) is 12.4 Å². The van der Waals surface area contributed by atoms with Gasteiger partial charge in [-0.1, -0.05) is 13.8 Å². The number of rotatable bonds is 8. The zero-order valence-electron chi connectivity index (χ0n) is 11.8. The maximum Gasteiger partial charge on any atom is 0.325 e. The Morgan fingerprint density at radius 2 is 1.89 bits per heavy atom. The average molecular weight is 266 g/mol. The molecule has 2 N–H and O–H groups in total. The number of carbonyl (C=O) groups is 1. The summed E-state index contributed by atoms with van der Waals surface area (Å²) in [5.74, 6) is 1.87. The lowest BCUT2D eigenvalue weighted by molar-refractivity contribution is -0.140. The summed E-state index contributed by atoms with van der Waals surface area (Å²) in [5, 5.41) is 6.17. The largest absolute Gasteiger partial charge is 0.465 e. The second kappa shape index (κ2) is 8.29. The van der Waals surface area contributed by atoms with E-state index in [4.69, 9.17) is 4.74 Å². The summed E-state index contributed by atoms with van der Waals surface area (Å²) in [4.78, 5) is 20.0. The van der Waals surface area contributed by atoms with Crippen LogP contribution in [-0.4, -0.2) is 35.6 Å². The van der Waals surface area contributed by atoms with Crippen LogP contribution in [-0.2, 0) is 16.0 Å². The number of aryl methyl sites for hydroxylation is 1. The van der Waals surface area contributed by atoms with Crippen LogP contribution in [0.5, 0.6) is 0 Å². The number of anilines is 2. The Morgan fingerprint density at radius 1 is 1.21 bits per heavy atom. The second-order valence-corrected chi connectivity index (χ2v) is 3.99. The fourth-order valence-corrected chi connectivity index (χ4v) is 1.46. The summed E-state index contributed by atoms with van der Waals surface area (Å²) in [6.07, 6.45) is 1.77. The molecule has 0 saturated carbocycles. The van der Waals surface area contributed by atoms with Crippen molar-refractivity contribution >= 4 is 17.6 Å². The first-order valence-electron chi connectivity index (χ1n) is 6.70. The molecule has 1 rings (SSSR count). The average Bonchev–Trinajstić information content (AvgIpc) is 2.43. The number of esters is 1. The molecule has 1 aromatic heterocycles. The van der Waals surface area contributed by atoms with Gasteiger partial charge in [0.1, 0.15) is 24.0 Å². The van der Waals surface area contributed by atoms with Crippen LogP contribution in [0.1, 0.15) is 33.0 Å². The lowest BCUT2D eigenvalue weighted by Gasteiger charge is -2.10. The molecule has 0 fully saturated rings. The van der Waals surface area contributed by atoms with Gasteiger partial charge in [0.2, 0.25) is 0 Å². The molecular weight excluding hydrogens is 244 g/mol. The quantitative estimate of drug-likeness (QED) is 0.699. The van der Waals surface area contributed by atoms with Gasteiger partial charge in [-0.25, -0.2) is 9.97 Å². The highest BCUT2D eigenvalue weighted by molar-refractivity contribution is 5.74. The normalized spacial score (nSPS) is 10.1. The Labute approximate surface area is 114 Å². The van der Waals surface area contributed by atoms with Crippen LogP contribution < -0.4 is 10.6 Å². The predicted octanol–water partition coefficient (Wildman–Crippen LogP) is 1.84. The maximum absolute atomic E-state index is 11.3. The zero-order chi connectivity index (χ0) is 14.1. The Bertz CT molecular complexity index is 410. The van der Waals surface area contributed by atoms with Gasteiger partial charge >= 0.3 is 5.97 Å². The minimum atomic E-state index is -0.290. The van der Waals surface area contributed by atoms with Crippen molar-refractivity contribution in [3.8, 4) is 0 Å². The lowest BCUT2D eigenvalue weighted by Crippen LogP contribution is -2.18. The third-order valence-electron chi connectivity index (χ3n) is 2.36. The van der Waals surface area contributed by atoms with Crippen LogP contribution in [0.4, 0.5) is 11.6 Å². The highest BCUT2D eigenvalue weighted by Crippen LogP contribution is 2.11. The van der Waals surface area contributed by atoms with Crippen LogP contribution in [0, 0.1) is 0 Å². The van der Waals surface area contributed by atoms with Gasteiger partial charge in [0, 0.05) is 19.0 Å². The van der Waals surface area contributed by atoms with Gasteiger partial charge in [-0.2, -0.15) is 0 Å². The topological polar surface area (TPSA) is 76.1 Å². The van der Waals surface area contributed by atoms with Gasteiger partial charge in [-0.3, -0.25) is 4.79 Å². The van der Waals surface area contributed by atoms with Crippen molar-refractivity contribution in [2.75, 3.05) is 30.3 Å². The van der Waals surface area contributed by atoms with Crippen molar-refractivity contribution in [1.29, 1.82) is 0 Å². The van der Waals surface area contributed by atoms with E-state index in [0.717, 1.165) is 31.0 Å². The molecule has 0 spiro atoms. The molecule has 0 aliphatic rings. The van der Waals surface area contributed by atoms with Crippen molar-refractivity contribution in [3.63, 3.8) is 0 Å². The van der Waals surface area contributed by atoms with Gasteiger partial charge in [0.25, 0.3) is 0 Å². The molecule has 0 aliphatic carbocycles. The van der Waals surface area contributed by atoms with Gasteiger partial charge in [-0.05, 0) is 13.3 Å². The van der Waals surface area contributed by atoms with Gasteiger partial charge in [-0.15, -0.1) is 0 Å². The van der Waals surface area contributed by atoms with Crippen molar-refractivity contribution in [2.24, 2.45) is 0 Å². The van der Waals surface area contributed by atoms with E-state index in [1.807, 2.05) is 6.92 Å². The molecular formula is C13H22N4O2. The van der Waals surface area contributed by atoms with E-state index < -0.39 is 0 Å². The molecule has 0 aromatic carbocycles. The van der Waals surface area contributed by atoms with Gasteiger partial charge in [0.05, 0.1) is 6.61 Å². The Hall–Kier alpha value is -1.85. The molecule has 1 aromatic rings. The molecule has 0 amide bonds. The molecule has 0 unspecified atom stereocenters. The lowest BCUT2D eigenvalue weighted by atomic mass is 10.4. The fourth-order valence-electron chi connectivity index (χ4n) is 1.46. The summed E-state index contributed by atoms with van der Waals surface area (Å²) < 4.78 is 4.85. The summed E-state index contributed by atoms with van der Waals surface area (Å²) in [6, 6.07) is 1.80. The fraction of sp³-hybridized carbons (Fsp3) is 0.615. The molecule has 0 aliphatic heterocycles. The third-order valence-corrected chi connectivity index (χ3v) is 2.36. The van der Waals surface area contributed by atoms with Crippen LogP contribution in [0.3, 0.4) is 0 Å². The smallest absolute Gasteiger partial charge is 0.325 e. The number of ether oxygens (including phenoxy) is 1. The van der Waals surface area contributed by atoms with Crippen molar-refractivity contribution in [1.82, 2.24) is 9.97 Å². The van der Waals surface area contributed by atoms with Crippen molar-refractivity contribution in [3.05, 3.63) is 11.9 Å². The molecule has 0 bridgehead atoms. The van der Waals surface area contributed by atoms with Crippen molar-refractivity contribution in [2.45, 2.75) is 33.6 Å². The number of hydrogen-bond donors (Lipinski definition) is 2. The van der Waals surface area contributed by atoms with E-state index in [-0.39, 0.29) is 12.5 Å². The summed E-state index contributed by atoms with van der Waals surface area (Å²) in [6.45, 7) is 7.22. The highest BCUT2D eigenvalue weighted by Gasteiger charge is 2.06. The van der Waals surface area contributed by atoms with Gasteiger partial charge in [0.15, 0.2) is 0 Å². The highest BCUT2D eigenvalue weighted by atomic mass is 16.5. The summed E-state index contributed by atoms with van der Waals surface area (Å²) in [7, 11) is 0. The van der Waals surface area contributed by atoms with Crippen molar-refractivity contribution < 1.29 is 9.53 Å². The third kappa shape index (κ3) is 5.54. The molecule has 0 saturated heterocycles. The molecule has 0 atom stereocenters. The molecule has 19 heavy (non-hydrogen) atoms. The number of carbonyl (C=O) groups excluding carboxylic acids is 1. The van der Waals surface area contributed by atoms with Crippen LogP contribution in [0.15, 0.2) is 6.07 Å². The SMILES string of the molecule is CCCNc1cc(NCC(=O)OCC)nc(CC)n1. The maximum atomic E-state index is 11.3. The second-order valence-electron chi connectivity index (χ2n) is 3.99. The predicted molar refractivity (Wildman–Crippen MR) is 75.3 cm³/mol. The van der Waals surface area contributed by atoms with Crippen LogP contribution >= 0.6 is 0 Å². The number of hydrogen-bond acceptors (Lipinski definition) is 6. The zero-order valence-corrected chi connectivity index (χ0v) is 11.8. The first-order chi connectivity index (χ1) is 9.19. The molecule has 1 heterocycles. The summed E-state index contributed by atoms with van der Waals surface area (Å²) in [5.41, 5.74) is 0. The first kappa shape index (κ1) is 15.2. The number of nitrogens with one attached hydrogen (secondary N) is 2. The Morgan fingerprint density at radius 3 is 2.47 bits per heavy atom. The number of nitrogens with zero attached hydrogens (tertiary/aromatic N) is 2. The number of aromatic nitrogens is 2. The van der Waals surface area contributed by atoms with Gasteiger partial charge < -0.3 is 15.4 Å². The monoisotopic (exact) mass is 266 g/mol. The Balaban J connectivity index is 2.67. The summed E-state index contributed by atoms with van der Waals surface area (Å²) >= 11 is 0. The van der Waals surface area contributed by atoms with Crippen LogP contribution in [0.2, 0.25) is 0 Å². The first-order valence-corrected chi connectivity index (χ1v) is 6.70. The standard InChI is InChI=1S/C13H22N4O2/c1-4-7-14-11-8-12(17-10(5-2)16-11)15-9-13(18)19-6-3/h8H,4-7,9H2,1-3H3,(H2,14,15,16,17). The molecule has 6 heteroatoms. The van der Waals surface area contributed by atoms with E-state index in [2.05, 4.69) is 27.5 Å². The Kier molecular flexibility index (Phi) is 6.63. The minimum Gasteiger partial charge on any atom is -0.465 e. The molecule has 106 valence electrons. The van der Waals surface area contributed by atoms with E-state index in [1.54, 1.807) is 13.0 Å². The minimum absolute atomic E-state index is 0.112. The molecule has 6 nitrogen and oxygen atoms in total. The molecule has 0 radical (unpaired) electrons. The van der Waals surface area contributed by atoms with E-state index >= 15 is 0 Å². The van der Waals surface area contributed by atoms with E-state index in [9.17, 15) is 4.79 Å².